The molecule has 0 unspecified atom stereocenters. The van der Waals surface area contributed by atoms with E-state index < -0.39 is 35.4 Å². The number of carbonyl (C=O) groups excluding carboxylic acids is 1. The molecule has 0 aliphatic carbocycles. The van der Waals surface area contributed by atoms with Crippen LogP contribution in [0.5, 0.6) is 0 Å². The van der Waals surface area contributed by atoms with Crippen molar-refractivity contribution in [3.63, 3.8) is 0 Å². The molecule has 2 aromatic rings. The predicted molar refractivity (Wildman–Crippen MR) is 112 cm³/mol. The van der Waals surface area contributed by atoms with Crippen molar-refractivity contribution in [2.75, 3.05) is 18.5 Å². The fourth-order valence-corrected chi connectivity index (χ4v) is 3.30. The van der Waals surface area contributed by atoms with Gasteiger partial charge in [0.25, 0.3) is 18.3 Å². The minimum Gasteiger partial charge on any atom is -0.483 e. The molecule has 3 rings (SSSR count). The van der Waals surface area contributed by atoms with Crippen molar-refractivity contribution in [3.8, 4) is 0 Å². The van der Waals surface area contributed by atoms with Gasteiger partial charge in [0.2, 0.25) is 0 Å². The zero-order chi connectivity index (χ0) is 24.1. The molecule has 1 aliphatic rings. The topological polar surface area (TPSA) is 127 Å². The molecule has 8 nitrogen and oxygen atoms in total. The fourth-order valence-electron chi connectivity index (χ4n) is 2.83. The molecule has 13 heteroatoms. The monoisotopic (exact) mass is 492 g/mol. The number of nitrogens with two attached hydrogens (primary N) is 1. The van der Waals surface area contributed by atoms with Crippen LogP contribution in [0.1, 0.15) is 23.0 Å². The number of amides is 1. The summed E-state index contributed by atoms with van der Waals surface area (Å²) in [7, 11) is 0. The van der Waals surface area contributed by atoms with Gasteiger partial charge in [0.05, 0.1) is 10.0 Å². The van der Waals surface area contributed by atoms with Crippen LogP contribution in [-0.4, -0.2) is 47.4 Å². The van der Waals surface area contributed by atoms with E-state index in [2.05, 4.69) is 15.3 Å². The molecule has 4 N–H and O–H groups in total. The van der Waals surface area contributed by atoms with Gasteiger partial charge in [0, 0.05) is 17.4 Å². The molecular formula is C19H17Cl2F3N4O4. The number of nitrogens with one attached hydrogen (secondary N) is 1. The molecule has 172 valence electrons. The number of nitrogens with zero attached hydrogens (tertiary/aromatic N) is 2. The van der Waals surface area contributed by atoms with Crippen molar-refractivity contribution < 1.29 is 32.6 Å². The maximum Gasteiger partial charge on any atom is 0.299 e. The number of halogens is 5. The second-order valence-corrected chi connectivity index (χ2v) is 7.45. The Kier molecular flexibility index (Phi) is 8.05. The van der Waals surface area contributed by atoms with Crippen LogP contribution in [0.25, 0.3) is 0 Å². The Bertz CT molecular complexity index is 1060. The first-order chi connectivity index (χ1) is 14.9. The number of carbonyl (C=O) groups is 2. The van der Waals surface area contributed by atoms with Crippen molar-refractivity contribution >= 4 is 47.1 Å². The summed E-state index contributed by atoms with van der Waals surface area (Å²) >= 11 is 11.7. The number of hydrogen-bond donors (Lipinski definition) is 3. The smallest absolute Gasteiger partial charge is 0.299 e. The van der Waals surface area contributed by atoms with Crippen LogP contribution < -0.4 is 11.1 Å². The zero-order valence-electron chi connectivity index (χ0n) is 16.4. The van der Waals surface area contributed by atoms with Crippen molar-refractivity contribution in [1.29, 1.82) is 0 Å². The first-order valence-electron chi connectivity index (χ1n) is 8.75. The summed E-state index contributed by atoms with van der Waals surface area (Å²) in [5.41, 5.74) is 2.72. The first kappa shape index (κ1) is 25.4. The minimum absolute atomic E-state index is 0.00544. The number of pyridine rings is 1. The Labute approximate surface area is 190 Å². The number of aromatic nitrogens is 1. The van der Waals surface area contributed by atoms with E-state index in [1.807, 2.05) is 0 Å². The lowest BCUT2D eigenvalue weighted by Gasteiger charge is -2.33. The summed E-state index contributed by atoms with van der Waals surface area (Å²) in [4.78, 5) is 28.4. The lowest BCUT2D eigenvalue weighted by atomic mass is 9.85. The number of benzene rings is 1. The average molecular weight is 493 g/mol. The van der Waals surface area contributed by atoms with E-state index in [1.165, 1.54) is 18.3 Å². The highest BCUT2D eigenvalue weighted by Gasteiger charge is 2.54. The molecule has 1 aliphatic heterocycles. The van der Waals surface area contributed by atoms with Gasteiger partial charge in [-0.2, -0.15) is 0 Å². The standard InChI is InChI=1S/C18H15Cl2F3N4O2.CH2O2/c1-17(18(22,23)8-29-7-14(24)27-17)11-5-10(2-3-13(11)21)26-16(28)15-12(20)4-9(19)6-25-15;2-1-3/h2-6H,7-8H2,1H3,(H2,24,27)(H,26,28);1H,(H,2,3)/t17-;/m1./s1. The van der Waals surface area contributed by atoms with E-state index in [9.17, 15) is 18.0 Å². The number of aliphatic imine (C=N–C) groups is 1. The van der Waals surface area contributed by atoms with Gasteiger partial charge in [0.15, 0.2) is 5.54 Å². The van der Waals surface area contributed by atoms with Gasteiger partial charge in [-0.05, 0) is 31.2 Å². The van der Waals surface area contributed by atoms with E-state index in [0.29, 0.717) is 0 Å². The van der Waals surface area contributed by atoms with Crippen LogP contribution in [0.15, 0.2) is 35.5 Å². The van der Waals surface area contributed by atoms with Crippen LogP contribution >= 0.6 is 23.2 Å². The second-order valence-electron chi connectivity index (χ2n) is 6.61. The van der Waals surface area contributed by atoms with E-state index in [-0.39, 0.29) is 40.3 Å². The number of anilines is 1. The van der Waals surface area contributed by atoms with Gasteiger partial charge in [-0.15, -0.1) is 0 Å². The molecule has 1 aromatic heterocycles. The van der Waals surface area contributed by atoms with Crippen molar-refractivity contribution in [1.82, 2.24) is 4.98 Å². The maximum atomic E-state index is 14.7. The summed E-state index contributed by atoms with van der Waals surface area (Å²) in [5, 5.41) is 9.56. The van der Waals surface area contributed by atoms with Crippen molar-refractivity contribution in [3.05, 3.63) is 57.6 Å². The molecule has 2 heterocycles. The third kappa shape index (κ3) is 5.47. The fraction of sp³-hybridized carbons (Fsp3) is 0.263. The Morgan fingerprint density at radius 1 is 1.34 bits per heavy atom. The summed E-state index contributed by atoms with van der Waals surface area (Å²) in [5.74, 6) is -5.42. The van der Waals surface area contributed by atoms with Gasteiger partial charge in [0.1, 0.15) is 30.6 Å². The van der Waals surface area contributed by atoms with E-state index in [1.54, 1.807) is 0 Å². The van der Waals surface area contributed by atoms with Gasteiger partial charge >= 0.3 is 0 Å². The summed E-state index contributed by atoms with van der Waals surface area (Å²) in [6, 6.07) is 4.54. The summed E-state index contributed by atoms with van der Waals surface area (Å²) in [6.45, 7) is -0.492. The lowest BCUT2D eigenvalue weighted by Crippen LogP contribution is -2.45. The maximum absolute atomic E-state index is 14.7. The zero-order valence-corrected chi connectivity index (χ0v) is 17.9. The van der Waals surface area contributed by atoms with Crippen LogP contribution in [0.2, 0.25) is 10.0 Å². The van der Waals surface area contributed by atoms with Crippen LogP contribution in [0.3, 0.4) is 0 Å². The van der Waals surface area contributed by atoms with Gasteiger partial charge in [-0.3, -0.25) is 14.6 Å². The first-order valence-corrected chi connectivity index (χ1v) is 9.51. The molecule has 0 saturated heterocycles. The number of carboxylic acid groups (broad SMARTS) is 1. The Morgan fingerprint density at radius 2 is 2.00 bits per heavy atom. The number of ether oxygens (including phenoxy) is 1. The highest BCUT2D eigenvalue weighted by molar-refractivity contribution is 6.36. The Hall–Kier alpha value is -2.89. The highest BCUT2D eigenvalue weighted by Crippen LogP contribution is 2.44. The number of rotatable bonds is 3. The summed E-state index contributed by atoms with van der Waals surface area (Å²) in [6.07, 6.45) is 1.23. The molecule has 1 atom stereocenters. The molecule has 1 amide bonds. The van der Waals surface area contributed by atoms with Gasteiger partial charge in [-0.25, -0.2) is 18.2 Å². The van der Waals surface area contributed by atoms with E-state index in [0.717, 1.165) is 19.1 Å². The normalized spacial score (nSPS) is 19.6. The Morgan fingerprint density at radius 3 is 2.62 bits per heavy atom. The molecule has 0 radical (unpaired) electrons. The van der Waals surface area contributed by atoms with Gasteiger partial charge < -0.3 is 20.9 Å². The average Bonchev–Trinajstić information content (AvgIpc) is 2.79. The molecule has 0 saturated carbocycles. The highest BCUT2D eigenvalue weighted by atomic mass is 35.5. The quantitative estimate of drug-likeness (QED) is 0.560. The van der Waals surface area contributed by atoms with Crippen LogP contribution in [0.4, 0.5) is 18.9 Å². The minimum atomic E-state index is -3.56. The molecule has 0 bridgehead atoms. The molecule has 0 spiro atoms. The summed E-state index contributed by atoms with van der Waals surface area (Å²) < 4.78 is 48.8. The largest absolute Gasteiger partial charge is 0.483 e. The Balaban J connectivity index is 0.00000114. The third-order valence-corrected chi connectivity index (χ3v) is 4.88. The molecular weight excluding hydrogens is 476 g/mol. The number of hydrogen-bond acceptors (Lipinski definition) is 6. The van der Waals surface area contributed by atoms with E-state index >= 15 is 0 Å². The SMILES string of the molecule is C[C@]1(c2cc(NC(=O)c3ncc(Cl)cc3Cl)ccc2F)N=C(N)COCC1(F)F.O=CO. The molecule has 1 aromatic carbocycles. The van der Waals surface area contributed by atoms with Crippen LogP contribution in [-0.2, 0) is 15.1 Å². The number of amidine groups is 1. The second kappa shape index (κ2) is 10.2. The lowest BCUT2D eigenvalue weighted by molar-refractivity contribution is -0.122. The van der Waals surface area contributed by atoms with Crippen LogP contribution in [0, 0.1) is 5.82 Å². The molecule has 0 fully saturated rings. The van der Waals surface area contributed by atoms with Crippen molar-refractivity contribution in [2.45, 2.75) is 18.4 Å². The van der Waals surface area contributed by atoms with Crippen molar-refractivity contribution in [2.24, 2.45) is 10.7 Å². The predicted octanol–water partition coefficient (Wildman–Crippen LogP) is 3.72. The van der Waals surface area contributed by atoms with Gasteiger partial charge in [-0.1, -0.05) is 23.2 Å². The molecule has 32 heavy (non-hydrogen) atoms. The third-order valence-electron chi connectivity index (χ3n) is 4.38. The number of alkyl halides is 2. The van der Waals surface area contributed by atoms with E-state index in [4.69, 9.17) is 43.6 Å².